The fraction of sp³-hybridized carbons (Fsp3) is 0.250. The van der Waals surface area contributed by atoms with Crippen LogP contribution in [0.5, 0.6) is 0 Å². The molecule has 1 N–H and O–H groups in total. The summed E-state index contributed by atoms with van der Waals surface area (Å²) in [6, 6.07) is 5.04. The molecule has 10 heteroatoms. The van der Waals surface area contributed by atoms with Crippen LogP contribution >= 0.6 is 23.5 Å². The Kier molecular flexibility index (Phi) is 5.85. The molecule has 1 aromatic carbocycles. The summed E-state index contributed by atoms with van der Waals surface area (Å²) in [5, 5.41) is 8.86. The SMILES string of the molecule is Cc1ccc(/C(SC(F)(F)F)=C(/SC(F)(F)F)C(=O)O)cc1. The van der Waals surface area contributed by atoms with Gasteiger partial charge in [0.05, 0.1) is 0 Å². The minimum Gasteiger partial charge on any atom is -0.477 e. The molecule has 0 bridgehead atoms. The molecule has 0 amide bonds. The Morgan fingerprint density at radius 3 is 1.77 bits per heavy atom. The van der Waals surface area contributed by atoms with Gasteiger partial charge in [-0.1, -0.05) is 29.8 Å². The highest BCUT2D eigenvalue weighted by Gasteiger charge is 2.39. The van der Waals surface area contributed by atoms with Crippen LogP contribution in [-0.2, 0) is 4.79 Å². The van der Waals surface area contributed by atoms with E-state index in [1.54, 1.807) is 6.92 Å². The second kappa shape index (κ2) is 6.86. The van der Waals surface area contributed by atoms with Gasteiger partial charge in [-0.05, 0) is 36.0 Å². The summed E-state index contributed by atoms with van der Waals surface area (Å²) in [6.07, 6.45) is 0. The van der Waals surface area contributed by atoms with Gasteiger partial charge in [0, 0.05) is 4.91 Å². The Morgan fingerprint density at radius 2 is 1.41 bits per heavy atom. The van der Waals surface area contributed by atoms with Gasteiger partial charge in [0.2, 0.25) is 0 Å². The predicted molar refractivity (Wildman–Crippen MR) is 73.0 cm³/mol. The number of thioether (sulfide) groups is 2. The van der Waals surface area contributed by atoms with Crippen molar-refractivity contribution in [3.05, 3.63) is 40.3 Å². The summed E-state index contributed by atoms with van der Waals surface area (Å²) < 4.78 is 75.0. The Bertz CT molecular complexity index is 575. The number of carboxylic acids is 1. The van der Waals surface area contributed by atoms with E-state index in [1.165, 1.54) is 12.1 Å². The van der Waals surface area contributed by atoms with Gasteiger partial charge < -0.3 is 5.11 Å². The number of carbonyl (C=O) groups is 1. The standard InChI is InChI=1S/C12H8F6O2S2/c1-6-2-4-7(5-3-6)8(21-11(13,14)15)9(10(19)20)22-12(16,17)18/h2-5H,1H3,(H,19,20)/b9-8-. The zero-order chi connectivity index (χ0) is 17.1. The van der Waals surface area contributed by atoms with Crippen LogP contribution in [0.4, 0.5) is 26.3 Å². The Hall–Kier alpha value is -1.29. The highest BCUT2D eigenvalue weighted by molar-refractivity contribution is 8.12. The Balaban J connectivity index is 3.46. The topological polar surface area (TPSA) is 37.3 Å². The van der Waals surface area contributed by atoms with E-state index in [-0.39, 0.29) is 5.56 Å². The normalized spacial score (nSPS) is 13.8. The van der Waals surface area contributed by atoms with Gasteiger partial charge in [0.15, 0.2) is 0 Å². The third-order valence-electron chi connectivity index (χ3n) is 2.15. The number of hydrogen-bond donors (Lipinski definition) is 1. The molecule has 0 radical (unpaired) electrons. The summed E-state index contributed by atoms with van der Waals surface area (Å²) in [6.45, 7) is 1.63. The molecule has 0 saturated carbocycles. The lowest BCUT2D eigenvalue weighted by Crippen LogP contribution is -2.10. The third-order valence-corrected chi connectivity index (χ3v) is 3.97. The molecular formula is C12H8F6O2S2. The highest BCUT2D eigenvalue weighted by Crippen LogP contribution is 2.48. The number of aliphatic carboxylic acids is 1. The van der Waals surface area contributed by atoms with Crippen molar-refractivity contribution in [2.75, 3.05) is 0 Å². The number of alkyl halides is 6. The summed E-state index contributed by atoms with van der Waals surface area (Å²) in [5.74, 6) is -2.07. The lowest BCUT2D eigenvalue weighted by atomic mass is 10.1. The molecule has 0 saturated heterocycles. The molecule has 0 aliphatic carbocycles. The van der Waals surface area contributed by atoms with Crippen LogP contribution in [-0.4, -0.2) is 22.1 Å². The van der Waals surface area contributed by atoms with Crippen LogP contribution in [0.2, 0.25) is 0 Å². The van der Waals surface area contributed by atoms with Crippen molar-refractivity contribution in [3.63, 3.8) is 0 Å². The summed E-state index contributed by atoms with van der Waals surface area (Å²) in [4.78, 5) is 8.57. The van der Waals surface area contributed by atoms with Gasteiger partial charge >= 0.3 is 17.0 Å². The van der Waals surface area contributed by atoms with E-state index in [0.717, 1.165) is 12.1 Å². The van der Waals surface area contributed by atoms with Crippen molar-refractivity contribution < 1.29 is 36.2 Å². The molecule has 122 valence electrons. The lowest BCUT2D eigenvalue weighted by Gasteiger charge is -2.15. The van der Waals surface area contributed by atoms with E-state index >= 15 is 0 Å². The lowest BCUT2D eigenvalue weighted by molar-refractivity contribution is -0.131. The van der Waals surface area contributed by atoms with Crippen LogP contribution in [0, 0.1) is 6.92 Å². The first-order valence-corrected chi connectivity index (χ1v) is 7.08. The van der Waals surface area contributed by atoms with Gasteiger partial charge in [-0.3, -0.25) is 0 Å². The molecule has 0 heterocycles. The van der Waals surface area contributed by atoms with E-state index in [4.69, 9.17) is 5.11 Å². The van der Waals surface area contributed by atoms with Crippen LogP contribution in [0.15, 0.2) is 29.2 Å². The number of halogens is 6. The highest BCUT2D eigenvalue weighted by atomic mass is 32.2. The number of rotatable bonds is 4. The van der Waals surface area contributed by atoms with E-state index < -0.39 is 50.3 Å². The first-order valence-electron chi connectivity index (χ1n) is 5.45. The molecule has 0 aliphatic heterocycles. The van der Waals surface area contributed by atoms with E-state index in [1.807, 2.05) is 0 Å². The van der Waals surface area contributed by atoms with Crippen LogP contribution in [0.25, 0.3) is 4.91 Å². The van der Waals surface area contributed by atoms with Crippen LogP contribution in [0.3, 0.4) is 0 Å². The number of hydrogen-bond acceptors (Lipinski definition) is 3. The van der Waals surface area contributed by atoms with Gasteiger partial charge in [-0.15, -0.1) is 0 Å². The second-order valence-corrected chi connectivity index (χ2v) is 6.08. The predicted octanol–water partition coefficient (Wildman–Crippen LogP) is 5.25. The molecule has 0 unspecified atom stereocenters. The van der Waals surface area contributed by atoms with Gasteiger partial charge in [0.25, 0.3) is 0 Å². The van der Waals surface area contributed by atoms with Gasteiger partial charge in [-0.2, -0.15) is 26.3 Å². The first kappa shape index (κ1) is 18.8. The fourth-order valence-electron chi connectivity index (χ4n) is 1.36. The maximum atomic E-state index is 12.6. The summed E-state index contributed by atoms with van der Waals surface area (Å²) in [5.41, 5.74) is -9.52. The monoisotopic (exact) mass is 362 g/mol. The van der Waals surface area contributed by atoms with Crippen molar-refractivity contribution >= 4 is 34.4 Å². The molecule has 0 atom stereocenters. The summed E-state index contributed by atoms with van der Waals surface area (Å²) in [7, 11) is 0. The average molecular weight is 362 g/mol. The zero-order valence-electron chi connectivity index (χ0n) is 10.7. The van der Waals surface area contributed by atoms with E-state index in [0.29, 0.717) is 5.56 Å². The summed E-state index contributed by atoms with van der Waals surface area (Å²) >= 11 is -1.97. The second-order valence-electron chi connectivity index (χ2n) is 3.93. The minimum atomic E-state index is -5.02. The van der Waals surface area contributed by atoms with E-state index in [9.17, 15) is 31.1 Å². The molecule has 0 fully saturated rings. The number of aryl methyl sites for hydroxylation is 1. The zero-order valence-corrected chi connectivity index (χ0v) is 12.4. The smallest absolute Gasteiger partial charge is 0.446 e. The molecule has 22 heavy (non-hydrogen) atoms. The molecule has 0 aliphatic rings. The van der Waals surface area contributed by atoms with Crippen LogP contribution < -0.4 is 0 Å². The Labute approximate surface area is 129 Å². The molecule has 2 nitrogen and oxygen atoms in total. The number of carboxylic acid groups (broad SMARTS) is 1. The molecule has 1 rings (SSSR count). The fourth-order valence-corrected chi connectivity index (χ4v) is 2.80. The van der Waals surface area contributed by atoms with Crippen molar-refractivity contribution in [2.24, 2.45) is 0 Å². The van der Waals surface area contributed by atoms with Gasteiger partial charge in [0.1, 0.15) is 4.91 Å². The van der Waals surface area contributed by atoms with Crippen molar-refractivity contribution in [1.82, 2.24) is 0 Å². The first-order chi connectivity index (χ1) is 9.89. The Morgan fingerprint density at radius 1 is 0.955 bits per heavy atom. The quantitative estimate of drug-likeness (QED) is 0.586. The van der Waals surface area contributed by atoms with Crippen molar-refractivity contribution in [3.8, 4) is 0 Å². The largest absolute Gasteiger partial charge is 0.477 e. The minimum absolute atomic E-state index is 0.248. The molecule has 0 aromatic heterocycles. The maximum absolute atomic E-state index is 12.6. The van der Waals surface area contributed by atoms with Gasteiger partial charge in [-0.25, -0.2) is 4.79 Å². The molecule has 1 aromatic rings. The third kappa shape index (κ3) is 6.22. The van der Waals surface area contributed by atoms with E-state index in [2.05, 4.69) is 0 Å². The molecule has 0 spiro atoms. The maximum Gasteiger partial charge on any atom is 0.446 e. The molecular weight excluding hydrogens is 354 g/mol. The number of benzene rings is 1. The average Bonchev–Trinajstić information content (AvgIpc) is 2.32. The van der Waals surface area contributed by atoms with Crippen LogP contribution in [0.1, 0.15) is 11.1 Å². The van der Waals surface area contributed by atoms with Crippen molar-refractivity contribution in [2.45, 2.75) is 17.9 Å². The van der Waals surface area contributed by atoms with Crippen molar-refractivity contribution in [1.29, 1.82) is 0 Å².